The molecular weight excluding hydrogens is 314 g/mol. The molecule has 1 atom stereocenters. The molecule has 0 spiro atoms. The van der Waals surface area contributed by atoms with Crippen molar-refractivity contribution in [3.05, 3.63) is 39.9 Å². The minimum atomic E-state index is -1.25. The summed E-state index contributed by atoms with van der Waals surface area (Å²) in [4.78, 5) is 24.8. The number of fused-ring (bicyclic) bond motifs is 1. The highest BCUT2D eigenvalue weighted by Gasteiger charge is 2.43. The average molecular weight is 331 g/mol. The van der Waals surface area contributed by atoms with Crippen LogP contribution in [0, 0.1) is 6.92 Å². The number of nitrogens with one attached hydrogen (secondary N) is 1. The molecule has 1 unspecified atom stereocenters. The largest absolute Gasteiger partial charge is 0.445 e. The number of amides is 1. The Labute approximate surface area is 137 Å². The van der Waals surface area contributed by atoms with Crippen LogP contribution in [0.3, 0.4) is 0 Å². The van der Waals surface area contributed by atoms with E-state index in [1.165, 1.54) is 11.3 Å². The summed E-state index contributed by atoms with van der Waals surface area (Å²) in [7, 11) is 0. The minimum absolute atomic E-state index is 0.334. The molecule has 1 aromatic heterocycles. The van der Waals surface area contributed by atoms with E-state index in [1.54, 1.807) is 13.0 Å². The molecule has 3 rings (SSSR count). The van der Waals surface area contributed by atoms with Gasteiger partial charge in [-0.1, -0.05) is 36.0 Å². The van der Waals surface area contributed by atoms with Crippen molar-refractivity contribution in [2.45, 2.75) is 39.2 Å². The molecule has 7 heteroatoms. The van der Waals surface area contributed by atoms with E-state index in [-0.39, 0.29) is 0 Å². The van der Waals surface area contributed by atoms with E-state index in [1.807, 2.05) is 26.0 Å². The van der Waals surface area contributed by atoms with Gasteiger partial charge in [-0.25, -0.2) is 4.79 Å². The standard InChI is InChI=1S/C16H17N3O3S/c1-4-12-18-19-15(23-12)17-14(21)16(3)8-10-7-9(2)5-6-11(10)13(20)22-16/h5-7H,4,8H2,1-3H3,(H,17,19,21). The molecule has 0 saturated heterocycles. The number of carbonyl (C=O) groups is 2. The fraction of sp³-hybridized carbons (Fsp3) is 0.375. The van der Waals surface area contributed by atoms with E-state index in [2.05, 4.69) is 15.5 Å². The van der Waals surface area contributed by atoms with Gasteiger partial charge in [-0.2, -0.15) is 0 Å². The van der Waals surface area contributed by atoms with E-state index < -0.39 is 17.5 Å². The SMILES string of the molecule is CCc1nnc(NC(=O)C2(C)Cc3cc(C)ccc3C(=O)O2)s1. The lowest BCUT2D eigenvalue weighted by Gasteiger charge is -2.32. The number of carbonyl (C=O) groups excluding carboxylic acids is 2. The van der Waals surface area contributed by atoms with Gasteiger partial charge in [0.05, 0.1) is 5.56 Å². The van der Waals surface area contributed by atoms with E-state index in [9.17, 15) is 9.59 Å². The van der Waals surface area contributed by atoms with Crippen molar-refractivity contribution in [2.75, 3.05) is 5.32 Å². The van der Waals surface area contributed by atoms with Crippen LogP contribution in [0.25, 0.3) is 0 Å². The van der Waals surface area contributed by atoms with Crippen molar-refractivity contribution in [1.29, 1.82) is 0 Å². The summed E-state index contributed by atoms with van der Waals surface area (Å²) >= 11 is 1.32. The summed E-state index contributed by atoms with van der Waals surface area (Å²) in [6.45, 7) is 5.54. The third-order valence-corrected chi connectivity index (χ3v) is 4.78. The first-order valence-corrected chi connectivity index (χ1v) is 8.19. The van der Waals surface area contributed by atoms with Crippen molar-refractivity contribution in [1.82, 2.24) is 10.2 Å². The molecule has 6 nitrogen and oxygen atoms in total. The third-order valence-electron chi connectivity index (χ3n) is 3.80. The van der Waals surface area contributed by atoms with Crippen molar-refractivity contribution >= 4 is 28.3 Å². The van der Waals surface area contributed by atoms with Crippen LogP contribution in [0.5, 0.6) is 0 Å². The van der Waals surface area contributed by atoms with Crippen molar-refractivity contribution in [3.8, 4) is 0 Å². The predicted octanol–water partition coefficient (Wildman–Crippen LogP) is 2.52. The van der Waals surface area contributed by atoms with Crippen LogP contribution in [0.2, 0.25) is 0 Å². The van der Waals surface area contributed by atoms with Gasteiger partial charge in [0.2, 0.25) is 5.13 Å². The van der Waals surface area contributed by atoms with E-state index in [4.69, 9.17) is 4.74 Å². The first kappa shape index (κ1) is 15.6. The summed E-state index contributed by atoms with van der Waals surface area (Å²) in [5.41, 5.74) is 1.13. The number of hydrogen-bond acceptors (Lipinski definition) is 6. The minimum Gasteiger partial charge on any atom is -0.445 e. The first-order valence-electron chi connectivity index (χ1n) is 7.38. The quantitative estimate of drug-likeness (QED) is 0.874. The maximum Gasteiger partial charge on any atom is 0.339 e. The lowest BCUT2D eigenvalue weighted by Crippen LogP contribution is -2.48. The molecule has 1 aromatic carbocycles. The molecule has 0 saturated carbocycles. The van der Waals surface area contributed by atoms with Crippen molar-refractivity contribution < 1.29 is 14.3 Å². The number of anilines is 1. The molecule has 120 valence electrons. The van der Waals surface area contributed by atoms with Crippen molar-refractivity contribution in [3.63, 3.8) is 0 Å². The van der Waals surface area contributed by atoms with Crippen LogP contribution in [0.4, 0.5) is 5.13 Å². The van der Waals surface area contributed by atoms with Gasteiger partial charge in [-0.15, -0.1) is 10.2 Å². The molecule has 0 fully saturated rings. The third kappa shape index (κ3) is 2.96. The molecule has 1 N–H and O–H groups in total. The maximum absolute atomic E-state index is 12.6. The van der Waals surface area contributed by atoms with Crippen LogP contribution in [-0.4, -0.2) is 27.7 Å². The number of hydrogen-bond donors (Lipinski definition) is 1. The number of aryl methyl sites for hydroxylation is 2. The lowest BCUT2D eigenvalue weighted by molar-refractivity contribution is -0.134. The molecule has 0 radical (unpaired) electrons. The van der Waals surface area contributed by atoms with Crippen LogP contribution < -0.4 is 5.32 Å². The monoisotopic (exact) mass is 331 g/mol. The van der Waals surface area contributed by atoms with Gasteiger partial charge in [0.25, 0.3) is 5.91 Å². The smallest absolute Gasteiger partial charge is 0.339 e. The Morgan fingerprint density at radius 2 is 2.22 bits per heavy atom. The van der Waals surface area contributed by atoms with Gasteiger partial charge in [0.1, 0.15) is 5.01 Å². The van der Waals surface area contributed by atoms with Crippen LogP contribution >= 0.6 is 11.3 Å². The van der Waals surface area contributed by atoms with Gasteiger partial charge in [0, 0.05) is 6.42 Å². The van der Waals surface area contributed by atoms with Gasteiger partial charge < -0.3 is 4.74 Å². The predicted molar refractivity (Wildman–Crippen MR) is 86.6 cm³/mol. The summed E-state index contributed by atoms with van der Waals surface area (Å²) < 4.78 is 5.41. The summed E-state index contributed by atoms with van der Waals surface area (Å²) in [5, 5.41) is 11.8. The highest BCUT2D eigenvalue weighted by atomic mass is 32.1. The average Bonchev–Trinajstić information content (AvgIpc) is 2.94. The zero-order valence-electron chi connectivity index (χ0n) is 13.2. The highest BCUT2D eigenvalue weighted by Crippen LogP contribution is 2.30. The van der Waals surface area contributed by atoms with Gasteiger partial charge in [-0.05, 0) is 31.9 Å². The number of cyclic esters (lactones) is 1. The normalized spacial score (nSPS) is 19.9. The maximum atomic E-state index is 12.6. The fourth-order valence-corrected chi connectivity index (χ4v) is 3.20. The number of ether oxygens (including phenoxy) is 1. The van der Waals surface area contributed by atoms with Gasteiger partial charge in [-0.3, -0.25) is 10.1 Å². The molecule has 0 aliphatic carbocycles. The zero-order valence-corrected chi connectivity index (χ0v) is 14.0. The zero-order chi connectivity index (χ0) is 16.6. The topological polar surface area (TPSA) is 81.2 Å². The van der Waals surface area contributed by atoms with E-state index in [0.29, 0.717) is 17.1 Å². The second-order valence-corrected chi connectivity index (χ2v) is 6.83. The Morgan fingerprint density at radius 1 is 1.43 bits per heavy atom. The number of rotatable bonds is 3. The summed E-state index contributed by atoms with van der Waals surface area (Å²) in [5.74, 6) is -0.868. The Morgan fingerprint density at radius 3 is 2.91 bits per heavy atom. The lowest BCUT2D eigenvalue weighted by atomic mass is 9.88. The number of aromatic nitrogens is 2. The molecule has 0 bridgehead atoms. The first-order chi connectivity index (χ1) is 10.9. The number of esters is 1. The molecule has 1 aliphatic rings. The second kappa shape index (κ2) is 5.73. The van der Waals surface area contributed by atoms with E-state index in [0.717, 1.165) is 22.6 Å². The molecular formula is C16H17N3O3S. The Bertz CT molecular complexity index is 787. The molecule has 1 amide bonds. The molecule has 1 aliphatic heterocycles. The van der Waals surface area contributed by atoms with Crippen LogP contribution in [0.1, 0.15) is 40.3 Å². The van der Waals surface area contributed by atoms with Crippen molar-refractivity contribution in [2.24, 2.45) is 0 Å². The van der Waals surface area contributed by atoms with Gasteiger partial charge in [0.15, 0.2) is 5.60 Å². The van der Waals surface area contributed by atoms with Crippen LogP contribution in [-0.2, 0) is 22.4 Å². The van der Waals surface area contributed by atoms with Gasteiger partial charge >= 0.3 is 5.97 Å². The summed E-state index contributed by atoms with van der Waals surface area (Å²) in [6, 6.07) is 5.51. The molecule has 2 aromatic rings. The second-order valence-electron chi connectivity index (χ2n) is 5.77. The molecule has 23 heavy (non-hydrogen) atoms. The number of nitrogens with zero attached hydrogens (tertiary/aromatic N) is 2. The highest BCUT2D eigenvalue weighted by molar-refractivity contribution is 7.15. The molecule has 2 heterocycles. The Kier molecular flexibility index (Phi) is 3.89. The summed E-state index contributed by atoms with van der Waals surface area (Å²) in [6.07, 6.45) is 1.09. The van der Waals surface area contributed by atoms with Crippen LogP contribution in [0.15, 0.2) is 18.2 Å². The Hall–Kier alpha value is -2.28. The fourth-order valence-electron chi connectivity index (χ4n) is 2.53. The number of benzene rings is 1. The van der Waals surface area contributed by atoms with E-state index >= 15 is 0 Å². The Balaban J connectivity index is 1.84.